The van der Waals surface area contributed by atoms with Crippen LogP contribution in [0.5, 0.6) is 0 Å². The highest BCUT2D eigenvalue weighted by Crippen LogP contribution is 2.33. The summed E-state index contributed by atoms with van der Waals surface area (Å²) in [6, 6.07) is 0. The van der Waals surface area contributed by atoms with Crippen LogP contribution in [0, 0.1) is 0 Å². The highest BCUT2D eigenvalue weighted by Gasteiger charge is 2.37. The SMILES string of the molecule is C1CCC(CN2CCNC3(CCCC3)C2)SC1. The van der Waals surface area contributed by atoms with Gasteiger partial charge in [0.05, 0.1) is 0 Å². The largest absolute Gasteiger partial charge is 0.309 e. The van der Waals surface area contributed by atoms with Gasteiger partial charge in [0, 0.05) is 37.0 Å². The van der Waals surface area contributed by atoms with Crippen molar-refractivity contribution < 1.29 is 0 Å². The molecular weight excluding hydrogens is 228 g/mol. The molecule has 1 atom stereocenters. The molecule has 17 heavy (non-hydrogen) atoms. The van der Waals surface area contributed by atoms with Crippen molar-refractivity contribution in [3.63, 3.8) is 0 Å². The topological polar surface area (TPSA) is 15.3 Å². The normalized spacial score (nSPS) is 34.2. The highest BCUT2D eigenvalue weighted by atomic mass is 32.2. The highest BCUT2D eigenvalue weighted by molar-refractivity contribution is 7.99. The zero-order chi connectivity index (χ0) is 11.6. The van der Waals surface area contributed by atoms with Crippen LogP contribution in [0.3, 0.4) is 0 Å². The Hall–Kier alpha value is 0.270. The lowest BCUT2D eigenvalue weighted by Crippen LogP contribution is -2.59. The first-order valence-electron chi connectivity index (χ1n) is 7.45. The van der Waals surface area contributed by atoms with Crippen LogP contribution in [0.2, 0.25) is 0 Å². The zero-order valence-corrected chi connectivity index (χ0v) is 11.7. The molecule has 0 aromatic heterocycles. The van der Waals surface area contributed by atoms with E-state index in [1.165, 1.54) is 76.9 Å². The minimum atomic E-state index is 0.511. The van der Waals surface area contributed by atoms with Crippen molar-refractivity contribution in [2.24, 2.45) is 0 Å². The molecule has 98 valence electrons. The summed E-state index contributed by atoms with van der Waals surface area (Å²) in [4.78, 5) is 2.75. The Morgan fingerprint density at radius 2 is 2.06 bits per heavy atom. The van der Waals surface area contributed by atoms with E-state index in [4.69, 9.17) is 0 Å². The minimum Gasteiger partial charge on any atom is -0.309 e. The third-order valence-electron chi connectivity index (χ3n) is 4.75. The summed E-state index contributed by atoms with van der Waals surface area (Å²) in [7, 11) is 0. The molecule has 3 aliphatic rings. The molecule has 0 bridgehead atoms. The first-order valence-corrected chi connectivity index (χ1v) is 8.50. The molecule has 3 fully saturated rings. The van der Waals surface area contributed by atoms with Crippen molar-refractivity contribution in [3.05, 3.63) is 0 Å². The van der Waals surface area contributed by atoms with Crippen LogP contribution >= 0.6 is 11.8 Å². The predicted molar refractivity (Wildman–Crippen MR) is 75.7 cm³/mol. The number of nitrogens with zero attached hydrogens (tertiary/aromatic N) is 1. The fourth-order valence-electron chi connectivity index (χ4n) is 3.82. The van der Waals surface area contributed by atoms with E-state index in [9.17, 15) is 0 Å². The third kappa shape index (κ3) is 2.99. The van der Waals surface area contributed by atoms with Gasteiger partial charge in [-0.3, -0.25) is 4.90 Å². The fourth-order valence-corrected chi connectivity index (χ4v) is 5.18. The third-order valence-corrected chi connectivity index (χ3v) is 6.13. The van der Waals surface area contributed by atoms with Crippen LogP contribution in [-0.4, -0.2) is 47.6 Å². The molecule has 3 rings (SSSR count). The molecule has 1 N–H and O–H groups in total. The van der Waals surface area contributed by atoms with Crippen molar-refractivity contribution in [2.45, 2.75) is 55.7 Å². The molecule has 2 aliphatic heterocycles. The molecule has 1 saturated carbocycles. The zero-order valence-electron chi connectivity index (χ0n) is 10.9. The van der Waals surface area contributed by atoms with E-state index in [1.807, 2.05) is 0 Å². The second kappa shape index (κ2) is 5.50. The lowest BCUT2D eigenvalue weighted by Gasteiger charge is -2.43. The van der Waals surface area contributed by atoms with Crippen LogP contribution in [0.15, 0.2) is 0 Å². The van der Waals surface area contributed by atoms with Crippen LogP contribution in [0.4, 0.5) is 0 Å². The van der Waals surface area contributed by atoms with Crippen LogP contribution in [0.1, 0.15) is 44.9 Å². The summed E-state index contributed by atoms with van der Waals surface area (Å²) in [6.07, 6.45) is 10.1. The van der Waals surface area contributed by atoms with Crippen molar-refractivity contribution in [3.8, 4) is 0 Å². The fraction of sp³-hybridized carbons (Fsp3) is 1.00. The predicted octanol–water partition coefficient (Wildman–Crippen LogP) is 2.49. The van der Waals surface area contributed by atoms with E-state index >= 15 is 0 Å². The summed E-state index contributed by atoms with van der Waals surface area (Å²) in [6.45, 7) is 5.17. The Bertz CT molecular complexity index is 245. The Labute approximate surface area is 110 Å². The number of hydrogen-bond acceptors (Lipinski definition) is 3. The molecule has 1 unspecified atom stereocenters. The number of nitrogens with one attached hydrogen (secondary N) is 1. The van der Waals surface area contributed by atoms with Crippen LogP contribution in [0.25, 0.3) is 0 Å². The lowest BCUT2D eigenvalue weighted by atomic mass is 9.94. The molecule has 3 heteroatoms. The van der Waals surface area contributed by atoms with E-state index in [2.05, 4.69) is 22.0 Å². The Morgan fingerprint density at radius 3 is 2.82 bits per heavy atom. The lowest BCUT2D eigenvalue weighted by molar-refractivity contribution is 0.134. The molecular formula is C14H26N2S. The molecule has 0 aromatic carbocycles. The molecule has 2 heterocycles. The average Bonchev–Trinajstić information content (AvgIpc) is 2.79. The van der Waals surface area contributed by atoms with Gasteiger partial charge >= 0.3 is 0 Å². The van der Waals surface area contributed by atoms with Crippen molar-refractivity contribution in [1.29, 1.82) is 0 Å². The van der Waals surface area contributed by atoms with Gasteiger partial charge < -0.3 is 5.32 Å². The molecule has 0 amide bonds. The molecule has 2 saturated heterocycles. The molecule has 0 radical (unpaired) electrons. The Morgan fingerprint density at radius 1 is 1.18 bits per heavy atom. The van der Waals surface area contributed by atoms with Crippen molar-refractivity contribution in [1.82, 2.24) is 10.2 Å². The molecule has 1 spiro atoms. The van der Waals surface area contributed by atoms with E-state index in [0.29, 0.717) is 5.54 Å². The van der Waals surface area contributed by atoms with Gasteiger partial charge in [-0.05, 0) is 31.4 Å². The summed E-state index contributed by atoms with van der Waals surface area (Å²) >= 11 is 2.23. The summed E-state index contributed by atoms with van der Waals surface area (Å²) in [5, 5.41) is 4.74. The minimum absolute atomic E-state index is 0.511. The number of hydrogen-bond donors (Lipinski definition) is 1. The summed E-state index contributed by atoms with van der Waals surface area (Å²) in [5.41, 5.74) is 0.511. The second-order valence-corrected chi connectivity index (χ2v) is 7.55. The van der Waals surface area contributed by atoms with E-state index < -0.39 is 0 Å². The first-order chi connectivity index (χ1) is 8.36. The Kier molecular flexibility index (Phi) is 3.98. The summed E-state index contributed by atoms with van der Waals surface area (Å²) < 4.78 is 0. The van der Waals surface area contributed by atoms with Crippen molar-refractivity contribution in [2.75, 3.05) is 31.9 Å². The molecule has 0 aromatic rings. The average molecular weight is 254 g/mol. The van der Waals surface area contributed by atoms with E-state index in [0.717, 1.165) is 5.25 Å². The van der Waals surface area contributed by atoms with Gasteiger partial charge in [0.15, 0.2) is 0 Å². The van der Waals surface area contributed by atoms with E-state index in [-0.39, 0.29) is 0 Å². The maximum Gasteiger partial charge on any atom is 0.0309 e. The second-order valence-electron chi connectivity index (χ2n) is 6.14. The Balaban J connectivity index is 1.52. The standard InChI is InChI=1S/C14H26N2S/c1-4-10-17-13(5-1)11-16-9-8-15-14(12-16)6-2-3-7-14/h13,15H,1-12H2. The number of piperazine rings is 1. The van der Waals surface area contributed by atoms with E-state index in [1.54, 1.807) is 0 Å². The van der Waals surface area contributed by atoms with Gasteiger partial charge in [-0.15, -0.1) is 0 Å². The monoisotopic (exact) mass is 254 g/mol. The van der Waals surface area contributed by atoms with Crippen LogP contribution in [-0.2, 0) is 0 Å². The van der Waals surface area contributed by atoms with Gasteiger partial charge in [0.1, 0.15) is 0 Å². The molecule has 2 nitrogen and oxygen atoms in total. The van der Waals surface area contributed by atoms with Gasteiger partial charge in [-0.1, -0.05) is 19.3 Å². The number of rotatable bonds is 2. The summed E-state index contributed by atoms with van der Waals surface area (Å²) in [5.74, 6) is 1.40. The first kappa shape index (κ1) is 12.3. The van der Waals surface area contributed by atoms with Crippen LogP contribution < -0.4 is 5.32 Å². The van der Waals surface area contributed by atoms with Gasteiger partial charge in [-0.25, -0.2) is 0 Å². The van der Waals surface area contributed by atoms with Gasteiger partial charge in [-0.2, -0.15) is 11.8 Å². The maximum atomic E-state index is 3.81. The van der Waals surface area contributed by atoms with Gasteiger partial charge in [0.25, 0.3) is 0 Å². The quantitative estimate of drug-likeness (QED) is 0.815. The van der Waals surface area contributed by atoms with Crippen molar-refractivity contribution >= 4 is 11.8 Å². The maximum absolute atomic E-state index is 3.81. The van der Waals surface area contributed by atoms with Gasteiger partial charge in [0.2, 0.25) is 0 Å². The molecule has 1 aliphatic carbocycles. The number of thioether (sulfide) groups is 1. The smallest absolute Gasteiger partial charge is 0.0309 e.